The highest BCUT2D eigenvalue weighted by Gasteiger charge is 2.07. The van der Waals surface area contributed by atoms with Crippen molar-refractivity contribution in [3.05, 3.63) is 46.0 Å². The number of aromatic nitrogens is 1. The molecule has 16 heavy (non-hydrogen) atoms. The fraction of sp³-hybridized carbons (Fsp3) is 0.333. The van der Waals surface area contributed by atoms with Gasteiger partial charge in [0.15, 0.2) is 0 Å². The Kier molecular flexibility index (Phi) is 3.25. The van der Waals surface area contributed by atoms with E-state index in [1.807, 2.05) is 19.1 Å². The molecule has 1 aliphatic heterocycles. The van der Waals surface area contributed by atoms with Crippen molar-refractivity contribution >= 4 is 16.8 Å². The van der Waals surface area contributed by atoms with Crippen molar-refractivity contribution in [1.82, 2.24) is 4.57 Å². The monoisotopic (exact) mass is 236 g/mol. The maximum Gasteiger partial charge on any atom is 0.253 e. The lowest BCUT2D eigenvalue weighted by molar-refractivity contribution is 0.708. The van der Waals surface area contributed by atoms with Crippen molar-refractivity contribution in [2.24, 2.45) is 4.99 Å². The average molecular weight is 237 g/mol. The third-order valence-corrected chi connectivity index (χ3v) is 2.91. The van der Waals surface area contributed by atoms with E-state index in [9.17, 15) is 4.79 Å². The zero-order valence-electron chi connectivity index (χ0n) is 9.11. The molecule has 0 aliphatic carbocycles. The number of rotatable bonds is 2. The second-order valence-corrected chi connectivity index (χ2v) is 4.35. The summed E-state index contributed by atoms with van der Waals surface area (Å²) in [7, 11) is 0. The quantitative estimate of drug-likeness (QED) is 0.777. The number of pyridine rings is 1. The molecule has 2 rings (SSSR count). The molecule has 0 bridgehead atoms. The molecule has 0 saturated carbocycles. The van der Waals surface area contributed by atoms with E-state index < -0.39 is 0 Å². The predicted octanol–water partition coefficient (Wildman–Crippen LogP) is 2.47. The maximum atomic E-state index is 11.8. The summed E-state index contributed by atoms with van der Waals surface area (Å²) in [6.45, 7) is 2.43. The third kappa shape index (κ3) is 2.42. The van der Waals surface area contributed by atoms with Crippen LogP contribution < -0.4 is 5.56 Å². The molecule has 0 atom stereocenters. The first-order chi connectivity index (χ1) is 7.66. The van der Waals surface area contributed by atoms with E-state index in [1.54, 1.807) is 17.0 Å². The van der Waals surface area contributed by atoms with Crippen molar-refractivity contribution in [1.29, 1.82) is 0 Å². The number of hydrogen-bond donors (Lipinski definition) is 0. The average Bonchev–Trinajstić information content (AvgIpc) is 2.28. The van der Waals surface area contributed by atoms with Gasteiger partial charge in [-0.1, -0.05) is 17.7 Å². The molecule has 1 aromatic heterocycles. The van der Waals surface area contributed by atoms with Gasteiger partial charge in [0.2, 0.25) is 0 Å². The Hall–Kier alpha value is -1.35. The highest BCUT2D eigenvalue weighted by atomic mass is 35.5. The zero-order valence-corrected chi connectivity index (χ0v) is 9.87. The number of allylic oxidation sites excluding steroid dienone is 1. The Labute approximate surface area is 99.1 Å². The standard InChI is InChI=1S/C12H13ClN2O/c1-9-3-2-6-15(12(9)16)8-10-4-5-11(13)14-7-10/h2-3,6-7H,4-5,8H2,1H3. The molecule has 0 radical (unpaired) electrons. The van der Waals surface area contributed by atoms with E-state index in [0.29, 0.717) is 11.7 Å². The normalized spacial score (nSPS) is 15.6. The van der Waals surface area contributed by atoms with Crippen LogP contribution in [-0.2, 0) is 6.54 Å². The molecule has 4 heteroatoms. The van der Waals surface area contributed by atoms with Crippen molar-refractivity contribution < 1.29 is 0 Å². The van der Waals surface area contributed by atoms with Gasteiger partial charge < -0.3 is 4.57 Å². The van der Waals surface area contributed by atoms with Gasteiger partial charge in [0.05, 0.1) is 0 Å². The van der Waals surface area contributed by atoms with Gasteiger partial charge in [-0.05, 0) is 25.0 Å². The molecular weight excluding hydrogens is 224 g/mol. The van der Waals surface area contributed by atoms with Crippen LogP contribution in [0.25, 0.3) is 0 Å². The molecule has 3 nitrogen and oxygen atoms in total. The minimum Gasteiger partial charge on any atom is -0.311 e. The summed E-state index contributed by atoms with van der Waals surface area (Å²) < 4.78 is 1.70. The van der Waals surface area contributed by atoms with E-state index in [1.165, 1.54) is 0 Å². The Morgan fingerprint density at radius 2 is 2.31 bits per heavy atom. The Morgan fingerprint density at radius 1 is 1.50 bits per heavy atom. The van der Waals surface area contributed by atoms with Gasteiger partial charge in [-0.15, -0.1) is 0 Å². The lowest BCUT2D eigenvalue weighted by atomic mass is 10.1. The van der Waals surface area contributed by atoms with Gasteiger partial charge in [0.25, 0.3) is 5.56 Å². The fourth-order valence-corrected chi connectivity index (χ4v) is 1.82. The van der Waals surface area contributed by atoms with E-state index in [0.717, 1.165) is 24.0 Å². The lowest BCUT2D eigenvalue weighted by Gasteiger charge is -2.12. The first-order valence-electron chi connectivity index (χ1n) is 5.23. The van der Waals surface area contributed by atoms with Crippen molar-refractivity contribution in [3.63, 3.8) is 0 Å². The number of nitrogens with zero attached hydrogens (tertiary/aromatic N) is 2. The molecule has 84 valence electrons. The molecule has 0 unspecified atom stereocenters. The van der Waals surface area contributed by atoms with Crippen LogP contribution in [0.2, 0.25) is 0 Å². The highest BCUT2D eigenvalue weighted by molar-refractivity contribution is 6.65. The highest BCUT2D eigenvalue weighted by Crippen LogP contribution is 2.15. The van der Waals surface area contributed by atoms with Crippen LogP contribution in [0.3, 0.4) is 0 Å². The number of halogens is 1. The molecular formula is C12H13ClN2O. The summed E-state index contributed by atoms with van der Waals surface area (Å²) in [5, 5.41) is 0.639. The van der Waals surface area contributed by atoms with E-state index in [-0.39, 0.29) is 5.56 Å². The molecule has 1 aliphatic rings. The molecule has 0 spiro atoms. The molecule has 0 saturated heterocycles. The maximum absolute atomic E-state index is 11.8. The Bertz CT molecular complexity index is 514. The Morgan fingerprint density at radius 3 is 3.00 bits per heavy atom. The second-order valence-electron chi connectivity index (χ2n) is 3.92. The molecule has 0 amide bonds. The smallest absolute Gasteiger partial charge is 0.253 e. The van der Waals surface area contributed by atoms with Gasteiger partial charge in [-0.2, -0.15) is 0 Å². The van der Waals surface area contributed by atoms with Crippen molar-refractivity contribution in [2.45, 2.75) is 26.3 Å². The topological polar surface area (TPSA) is 34.4 Å². The summed E-state index contributed by atoms with van der Waals surface area (Å²) >= 11 is 5.78. The van der Waals surface area contributed by atoms with Crippen molar-refractivity contribution in [3.8, 4) is 0 Å². The first kappa shape index (κ1) is 11.1. The van der Waals surface area contributed by atoms with Gasteiger partial charge >= 0.3 is 0 Å². The minimum atomic E-state index is 0.0593. The van der Waals surface area contributed by atoms with Crippen LogP contribution in [0.1, 0.15) is 18.4 Å². The summed E-state index contributed by atoms with van der Waals surface area (Å²) in [6.07, 6.45) is 5.22. The van der Waals surface area contributed by atoms with Crippen LogP contribution in [-0.4, -0.2) is 9.74 Å². The van der Waals surface area contributed by atoms with Crippen LogP contribution >= 0.6 is 11.6 Å². The summed E-state index contributed by atoms with van der Waals surface area (Å²) in [4.78, 5) is 15.8. The zero-order chi connectivity index (χ0) is 11.5. The van der Waals surface area contributed by atoms with E-state index in [4.69, 9.17) is 11.6 Å². The minimum absolute atomic E-state index is 0.0593. The van der Waals surface area contributed by atoms with Gasteiger partial charge in [-0.3, -0.25) is 4.79 Å². The summed E-state index contributed by atoms with van der Waals surface area (Å²) in [6, 6.07) is 3.71. The SMILES string of the molecule is Cc1cccn(CC2=CN=C(Cl)CC2)c1=O. The lowest BCUT2D eigenvalue weighted by Crippen LogP contribution is -2.22. The summed E-state index contributed by atoms with van der Waals surface area (Å²) in [5.41, 5.74) is 1.96. The van der Waals surface area contributed by atoms with Gasteiger partial charge in [0, 0.05) is 30.9 Å². The van der Waals surface area contributed by atoms with E-state index in [2.05, 4.69) is 4.99 Å². The first-order valence-corrected chi connectivity index (χ1v) is 5.61. The molecule has 2 heterocycles. The van der Waals surface area contributed by atoms with Crippen LogP contribution in [0.5, 0.6) is 0 Å². The molecule has 0 N–H and O–H groups in total. The van der Waals surface area contributed by atoms with Gasteiger partial charge in [-0.25, -0.2) is 4.99 Å². The van der Waals surface area contributed by atoms with E-state index >= 15 is 0 Å². The van der Waals surface area contributed by atoms with Gasteiger partial charge in [0.1, 0.15) is 5.17 Å². The second kappa shape index (κ2) is 4.66. The fourth-order valence-electron chi connectivity index (χ4n) is 1.67. The van der Waals surface area contributed by atoms with Crippen LogP contribution in [0.4, 0.5) is 0 Å². The summed E-state index contributed by atoms with van der Waals surface area (Å²) in [5.74, 6) is 0. The Balaban J connectivity index is 2.22. The van der Waals surface area contributed by atoms with Crippen LogP contribution in [0.15, 0.2) is 39.9 Å². The largest absolute Gasteiger partial charge is 0.311 e. The van der Waals surface area contributed by atoms with Crippen LogP contribution in [0, 0.1) is 6.92 Å². The number of aliphatic imine (C=N–C) groups is 1. The molecule has 0 aromatic carbocycles. The number of aryl methyl sites for hydroxylation is 1. The van der Waals surface area contributed by atoms with Crippen molar-refractivity contribution in [2.75, 3.05) is 0 Å². The number of hydrogen-bond acceptors (Lipinski definition) is 2. The predicted molar refractivity (Wildman–Crippen MR) is 66.0 cm³/mol. The molecule has 1 aromatic rings. The molecule has 0 fully saturated rings. The third-order valence-electron chi connectivity index (χ3n) is 2.62.